The van der Waals surface area contributed by atoms with E-state index in [2.05, 4.69) is 27.6 Å². The molecule has 0 saturated carbocycles. The van der Waals surface area contributed by atoms with Crippen LogP contribution in [0.5, 0.6) is 11.5 Å². The van der Waals surface area contributed by atoms with E-state index in [1.54, 1.807) is 0 Å². The summed E-state index contributed by atoms with van der Waals surface area (Å²) in [6, 6.07) is 35.0. The van der Waals surface area contributed by atoms with Gasteiger partial charge in [0.2, 0.25) is 5.91 Å². The third-order valence-corrected chi connectivity index (χ3v) is 6.34. The van der Waals surface area contributed by atoms with Gasteiger partial charge in [0.05, 0.1) is 5.75 Å². The largest absolute Gasteiger partial charge is 0.457 e. The predicted molar refractivity (Wildman–Crippen MR) is 144 cm³/mol. The average Bonchev–Trinajstić information content (AvgIpc) is 3.34. The summed E-state index contributed by atoms with van der Waals surface area (Å²) in [6.07, 6.45) is 0. The molecule has 0 aliphatic rings. The first-order valence-corrected chi connectivity index (χ1v) is 12.5. The summed E-state index contributed by atoms with van der Waals surface area (Å²) >= 11 is 1.35. The number of rotatable bonds is 8. The molecule has 1 aromatic heterocycles. The quantitative estimate of drug-likeness (QED) is 0.242. The number of thioether (sulfide) groups is 1. The molecule has 0 aliphatic carbocycles. The first-order valence-electron chi connectivity index (χ1n) is 11.5. The zero-order valence-corrected chi connectivity index (χ0v) is 20.5. The molecule has 0 unspecified atom stereocenters. The molecule has 0 spiro atoms. The maximum atomic E-state index is 12.7. The van der Waals surface area contributed by atoms with Crippen molar-refractivity contribution in [2.75, 3.05) is 11.1 Å². The summed E-state index contributed by atoms with van der Waals surface area (Å²) in [5, 5.41) is 12.4. The number of nitrogens with zero attached hydrogens (tertiary/aromatic N) is 3. The molecule has 5 aromatic rings. The van der Waals surface area contributed by atoms with Crippen molar-refractivity contribution >= 4 is 23.4 Å². The van der Waals surface area contributed by atoms with Crippen molar-refractivity contribution < 1.29 is 9.53 Å². The normalized spacial score (nSPS) is 10.7. The Bertz CT molecular complexity index is 1430. The molecule has 0 bridgehead atoms. The lowest BCUT2D eigenvalue weighted by Gasteiger charge is -2.11. The van der Waals surface area contributed by atoms with Gasteiger partial charge in [-0.25, -0.2) is 0 Å². The number of benzene rings is 4. The number of aromatic nitrogens is 3. The molecule has 1 amide bonds. The lowest BCUT2D eigenvalue weighted by molar-refractivity contribution is -0.113. The van der Waals surface area contributed by atoms with E-state index in [9.17, 15) is 4.79 Å². The fraction of sp³-hybridized carbons (Fsp3) is 0.0690. The number of carbonyl (C=O) groups is 1. The van der Waals surface area contributed by atoms with Crippen molar-refractivity contribution in [1.82, 2.24) is 14.8 Å². The monoisotopic (exact) mass is 492 g/mol. The van der Waals surface area contributed by atoms with Crippen molar-refractivity contribution in [3.05, 3.63) is 115 Å². The summed E-state index contributed by atoms with van der Waals surface area (Å²) in [5.41, 5.74) is 3.77. The molecule has 0 aliphatic heterocycles. The van der Waals surface area contributed by atoms with Crippen molar-refractivity contribution in [2.24, 2.45) is 0 Å². The number of amides is 1. The lowest BCUT2D eigenvalue weighted by atomic mass is 10.2. The molecular weight excluding hydrogens is 468 g/mol. The third-order valence-electron chi connectivity index (χ3n) is 5.41. The molecule has 7 heteroatoms. The van der Waals surface area contributed by atoms with Gasteiger partial charge in [-0.3, -0.25) is 9.36 Å². The van der Waals surface area contributed by atoms with Gasteiger partial charge < -0.3 is 10.1 Å². The van der Waals surface area contributed by atoms with Crippen LogP contribution in [0.4, 0.5) is 5.69 Å². The van der Waals surface area contributed by atoms with Crippen LogP contribution in [0, 0.1) is 6.92 Å². The first-order chi connectivity index (χ1) is 17.7. The summed E-state index contributed by atoms with van der Waals surface area (Å²) in [4.78, 5) is 12.7. The number of hydrogen-bond acceptors (Lipinski definition) is 5. The number of hydrogen-bond donors (Lipinski definition) is 1. The smallest absolute Gasteiger partial charge is 0.234 e. The van der Waals surface area contributed by atoms with E-state index >= 15 is 0 Å². The van der Waals surface area contributed by atoms with Crippen molar-refractivity contribution in [2.45, 2.75) is 12.1 Å². The van der Waals surface area contributed by atoms with Gasteiger partial charge in [-0.1, -0.05) is 78.0 Å². The topological polar surface area (TPSA) is 69.0 Å². The van der Waals surface area contributed by atoms with E-state index in [1.807, 2.05) is 109 Å². The molecular formula is C29H24N4O2S. The zero-order valence-electron chi connectivity index (χ0n) is 19.7. The summed E-state index contributed by atoms with van der Waals surface area (Å²) < 4.78 is 7.80. The van der Waals surface area contributed by atoms with Gasteiger partial charge >= 0.3 is 0 Å². The molecule has 0 radical (unpaired) electrons. The molecule has 1 N–H and O–H groups in total. The number of nitrogens with one attached hydrogen (secondary N) is 1. The molecule has 0 fully saturated rings. The number of anilines is 1. The molecule has 6 nitrogen and oxygen atoms in total. The lowest BCUT2D eigenvalue weighted by Crippen LogP contribution is -2.14. The Kier molecular flexibility index (Phi) is 7.10. The van der Waals surface area contributed by atoms with Crippen molar-refractivity contribution in [3.63, 3.8) is 0 Å². The minimum absolute atomic E-state index is 0.128. The van der Waals surface area contributed by atoms with Gasteiger partial charge in [0.1, 0.15) is 11.5 Å². The van der Waals surface area contributed by atoms with E-state index in [1.165, 1.54) is 17.3 Å². The summed E-state index contributed by atoms with van der Waals surface area (Å²) in [6.45, 7) is 2.05. The van der Waals surface area contributed by atoms with Crippen LogP contribution < -0.4 is 10.1 Å². The SMILES string of the molecule is Cc1ccc(-n2c(SCC(=O)Nc3ccc(Oc4ccccc4)cc3)nnc2-c2ccccc2)cc1. The molecule has 1 heterocycles. The van der Waals surface area contributed by atoms with Crippen LogP contribution in [-0.2, 0) is 4.79 Å². The Morgan fingerprint density at radius 1 is 0.806 bits per heavy atom. The second kappa shape index (κ2) is 10.9. The number of carbonyl (C=O) groups excluding carboxylic acids is 1. The predicted octanol–water partition coefficient (Wildman–Crippen LogP) is 6.77. The van der Waals surface area contributed by atoms with E-state index < -0.39 is 0 Å². The Hall–Kier alpha value is -4.36. The van der Waals surface area contributed by atoms with Gasteiger partial charge in [0, 0.05) is 16.9 Å². The summed E-state index contributed by atoms with van der Waals surface area (Å²) in [5.74, 6) is 2.26. The number of aryl methyl sites for hydroxylation is 1. The van der Waals surface area contributed by atoms with Crippen LogP contribution in [0.15, 0.2) is 114 Å². The van der Waals surface area contributed by atoms with E-state index in [-0.39, 0.29) is 11.7 Å². The second-order valence-electron chi connectivity index (χ2n) is 8.12. The van der Waals surface area contributed by atoms with Crippen LogP contribution in [0.2, 0.25) is 0 Å². The van der Waals surface area contributed by atoms with Gasteiger partial charge in [-0.2, -0.15) is 0 Å². The van der Waals surface area contributed by atoms with Crippen LogP contribution in [0.1, 0.15) is 5.56 Å². The van der Waals surface area contributed by atoms with E-state index in [0.29, 0.717) is 16.6 Å². The van der Waals surface area contributed by atoms with Crippen LogP contribution in [0.25, 0.3) is 17.1 Å². The molecule has 36 heavy (non-hydrogen) atoms. The summed E-state index contributed by atoms with van der Waals surface area (Å²) in [7, 11) is 0. The minimum atomic E-state index is -0.128. The molecule has 0 atom stereocenters. The fourth-order valence-electron chi connectivity index (χ4n) is 3.62. The van der Waals surface area contributed by atoms with Crippen molar-refractivity contribution in [3.8, 4) is 28.6 Å². The Labute approximate surface area is 214 Å². The highest BCUT2D eigenvalue weighted by molar-refractivity contribution is 7.99. The Morgan fingerprint density at radius 3 is 2.14 bits per heavy atom. The molecule has 178 valence electrons. The standard InChI is InChI=1S/C29H24N4O2S/c1-21-12-16-24(17-13-21)33-28(22-8-4-2-5-9-22)31-32-29(33)36-20-27(34)30-23-14-18-26(19-15-23)35-25-10-6-3-7-11-25/h2-19H,20H2,1H3,(H,30,34). The van der Waals surface area contributed by atoms with Gasteiger partial charge in [-0.05, 0) is 55.5 Å². The van der Waals surface area contributed by atoms with E-state index in [0.717, 1.165) is 22.8 Å². The average molecular weight is 493 g/mol. The van der Waals surface area contributed by atoms with E-state index in [4.69, 9.17) is 4.74 Å². The molecule has 0 saturated heterocycles. The van der Waals surface area contributed by atoms with Gasteiger partial charge in [0.25, 0.3) is 0 Å². The first kappa shape index (κ1) is 23.4. The van der Waals surface area contributed by atoms with Crippen LogP contribution in [-0.4, -0.2) is 26.4 Å². The molecule has 4 aromatic carbocycles. The Morgan fingerprint density at radius 2 is 1.44 bits per heavy atom. The van der Waals surface area contributed by atoms with Crippen molar-refractivity contribution in [1.29, 1.82) is 0 Å². The maximum absolute atomic E-state index is 12.7. The van der Waals surface area contributed by atoms with Gasteiger partial charge in [-0.15, -0.1) is 10.2 Å². The highest BCUT2D eigenvalue weighted by Crippen LogP contribution is 2.28. The molecule has 5 rings (SSSR count). The highest BCUT2D eigenvalue weighted by Gasteiger charge is 2.17. The third kappa shape index (κ3) is 5.64. The van der Waals surface area contributed by atoms with Gasteiger partial charge in [0.15, 0.2) is 11.0 Å². The number of para-hydroxylation sites is 1. The van der Waals surface area contributed by atoms with Crippen LogP contribution >= 0.6 is 11.8 Å². The second-order valence-corrected chi connectivity index (χ2v) is 9.06. The van der Waals surface area contributed by atoms with Crippen LogP contribution in [0.3, 0.4) is 0 Å². The fourth-order valence-corrected chi connectivity index (χ4v) is 4.37. The maximum Gasteiger partial charge on any atom is 0.234 e. The Balaban J connectivity index is 1.28. The minimum Gasteiger partial charge on any atom is -0.457 e. The number of ether oxygens (including phenoxy) is 1. The highest BCUT2D eigenvalue weighted by atomic mass is 32.2. The zero-order chi connectivity index (χ0) is 24.7.